The van der Waals surface area contributed by atoms with Gasteiger partial charge in [-0.3, -0.25) is 4.72 Å². The number of aliphatic hydroxyl groups is 1. The van der Waals surface area contributed by atoms with E-state index in [-0.39, 0.29) is 10.8 Å². The molecule has 0 aliphatic carbocycles. The average Bonchev–Trinajstić information content (AvgIpc) is 2.76. The van der Waals surface area contributed by atoms with E-state index < -0.39 is 10.0 Å². The molecule has 0 unspecified atom stereocenters. The number of halogens is 1. The van der Waals surface area contributed by atoms with Crippen molar-refractivity contribution in [3.8, 4) is 0 Å². The van der Waals surface area contributed by atoms with Gasteiger partial charge in [0.15, 0.2) is 0 Å². The van der Waals surface area contributed by atoms with Crippen molar-refractivity contribution in [2.75, 3.05) is 4.72 Å². The predicted molar refractivity (Wildman–Crippen MR) is 84.7 cm³/mol. The minimum atomic E-state index is -3.62. The van der Waals surface area contributed by atoms with Crippen molar-refractivity contribution in [1.82, 2.24) is 0 Å². The fourth-order valence-corrected chi connectivity index (χ4v) is 4.52. The zero-order valence-electron chi connectivity index (χ0n) is 11.0. The first-order chi connectivity index (χ1) is 9.33. The SMILES string of the molecule is Cc1ccc(NS(=O)(=O)c2cc(C)c(CO)s2)cc1Br. The highest BCUT2D eigenvalue weighted by Crippen LogP contribution is 2.28. The quantitative estimate of drug-likeness (QED) is 0.859. The number of nitrogens with one attached hydrogen (secondary N) is 1. The maximum absolute atomic E-state index is 12.3. The second kappa shape index (κ2) is 5.85. The van der Waals surface area contributed by atoms with E-state index in [4.69, 9.17) is 5.11 Å². The van der Waals surface area contributed by atoms with E-state index in [1.165, 1.54) is 0 Å². The predicted octanol–water partition coefficient (Wildman–Crippen LogP) is 3.42. The van der Waals surface area contributed by atoms with Crippen LogP contribution in [-0.2, 0) is 16.6 Å². The molecule has 0 bridgehead atoms. The van der Waals surface area contributed by atoms with E-state index in [1.807, 2.05) is 13.0 Å². The highest BCUT2D eigenvalue weighted by molar-refractivity contribution is 9.10. The topological polar surface area (TPSA) is 66.4 Å². The molecule has 0 aliphatic heterocycles. The van der Waals surface area contributed by atoms with Gasteiger partial charge in [0.25, 0.3) is 10.0 Å². The molecule has 1 aromatic carbocycles. The van der Waals surface area contributed by atoms with Crippen LogP contribution in [0.3, 0.4) is 0 Å². The van der Waals surface area contributed by atoms with E-state index in [0.717, 1.165) is 26.9 Å². The number of thiophene rings is 1. The lowest BCUT2D eigenvalue weighted by molar-refractivity contribution is 0.285. The maximum atomic E-state index is 12.3. The molecule has 7 heteroatoms. The summed E-state index contributed by atoms with van der Waals surface area (Å²) < 4.78 is 28.1. The van der Waals surface area contributed by atoms with Crippen LogP contribution >= 0.6 is 27.3 Å². The molecule has 0 aliphatic rings. The van der Waals surface area contributed by atoms with E-state index in [1.54, 1.807) is 25.1 Å². The van der Waals surface area contributed by atoms with Crippen molar-refractivity contribution in [2.24, 2.45) is 0 Å². The summed E-state index contributed by atoms with van der Waals surface area (Å²) in [7, 11) is -3.62. The Kier molecular flexibility index (Phi) is 4.53. The zero-order valence-corrected chi connectivity index (χ0v) is 14.2. The molecule has 0 spiro atoms. The summed E-state index contributed by atoms with van der Waals surface area (Å²) in [5.74, 6) is 0. The Morgan fingerprint density at radius 1 is 1.25 bits per heavy atom. The summed E-state index contributed by atoms with van der Waals surface area (Å²) in [4.78, 5) is 0.662. The summed E-state index contributed by atoms with van der Waals surface area (Å²) >= 11 is 4.45. The second-order valence-corrected chi connectivity index (χ2v) is 8.30. The smallest absolute Gasteiger partial charge is 0.271 e. The monoisotopic (exact) mass is 375 g/mol. The van der Waals surface area contributed by atoms with Crippen LogP contribution in [0.25, 0.3) is 0 Å². The van der Waals surface area contributed by atoms with Crippen molar-refractivity contribution >= 4 is 43.0 Å². The van der Waals surface area contributed by atoms with Gasteiger partial charge in [-0.15, -0.1) is 11.3 Å². The highest BCUT2D eigenvalue weighted by Gasteiger charge is 2.19. The fourth-order valence-electron chi connectivity index (χ4n) is 1.64. The van der Waals surface area contributed by atoms with Crippen LogP contribution in [0.4, 0.5) is 5.69 Å². The normalized spacial score (nSPS) is 11.6. The molecule has 2 N–H and O–H groups in total. The number of anilines is 1. The summed E-state index contributed by atoms with van der Waals surface area (Å²) in [5, 5.41) is 9.14. The summed E-state index contributed by atoms with van der Waals surface area (Å²) in [6.07, 6.45) is 0. The first-order valence-corrected chi connectivity index (χ1v) is 8.92. The Morgan fingerprint density at radius 2 is 1.95 bits per heavy atom. The van der Waals surface area contributed by atoms with Gasteiger partial charge in [0, 0.05) is 15.0 Å². The van der Waals surface area contributed by atoms with Crippen LogP contribution in [0.15, 0.2) is 32.9 Å². The van der Waals surface area contributed by atoms with Crippen LogP contribution in [0.1, 0.15) is 16.0 Å². The van der Waals surface area contributed by atoms with Gasteiger partial charge in [0.2, 0.25) is 0 Å². The van der Waals surface area contributed by atoms with Crippen molar-refractivity contribution in [1.29, 1.82) is 0 Å². The third-order valence-electron chi connectivity index (χ3n) is 2.83. The van der Waals surface area contributed by atoms with E-state index in [2.05, 4.69) is 20.7 Å². The molecule has 0 radical (unpaired) electrons. The van der Waals surface area contributed by atoms with Crippen LogP contribution in [0.2, 0.25) is 0 Å². The Bertz CT molecular complexity index is 738. The summed E-state index contributed by atoms with van der Waals surface area (Å²) in [6, 6.07) is 6.84. The molecule has 1 aromatic heterocycles. The molecule has 2 aromatic rings. The van der Waals surface area contributed by atoms with Crippen molar-refractivity contribution in [3.63, 3.8) is 0 Å². The molecule has 108 valence electrons. The standard InChI is InChI=1S/C13H14BrNO3S2/c1-8-3-4-10(6-11(8)14)15-20(17,18)13-5-9(2)12(7-16)19-13/h3-6,15-16H,7H2,1-2H3. The van der Waals surface area contributed by atoms with Gasteiger partial charge in [0.05, 0.1) is 6.61 Å². The molecule has 4 nitrogen and oxygen atoms in total. The minimum absolute atomic E-state index is 0.151. The number of rotatable bonds is 4. The number of hydrogen-bond acceptors (Lipinski definition) is 4. The Morgan fingerprint density at radius 3 is 2.50 bits per heavy atom. The van der Waals surface area contributed by atoms with Crippen molar-refractivity contribution in [3.05, 3.63) is 44.7 Å². The van der Waals surface area contributed by atoms with Crippen LogP contribution < -0.4 is 4.72 Å². The third-order valence-corrected chi connectivity index (χ3v) is 6.76. The molecular weight excluding hydrogens is 362 g/mol. The Labute approximate surface area is 130 Å². The number of benzene rings is 1. The van der Waals surface area contributed by atoms with Crippen LogP contribution in [0, 0.1) is 13.8 Å². The molecule has 0 saturated heterocycles. The molecule has 0 atom stereocenters. The number of sulfonamides is 1. The lowest BCUT2D eigenvalue weighted by Crippen LogP contribution is -2.11. The molecule has 1 heterocycles. The number of aryl methyl sites for hydroxylation is 2. The lowest BCUT2D eigenvalue weighted by atomic mass is 10.2. The van der Waals surface area contributed by atoms with E-state index >= 15 is 0 Å². The van der Waals surface area contributed by atoms with Gasteiger partial charge in [-0.25, -0.2) is 8.42 Å². The Balaban J connectivity index is 2.32. The van der Waals surface area contributed by atoms with Crippen molar-refractivity contribution in [2.45, 2.75) is 24.7 Å². The first kappa shape index (κ1) is 15.5. The maximum Gasteiger partial charge on any atom is 0.271 e. The summed E-state index contributed by atoms with van der Waals surface area (Å²) in [5.41, 5.74) is 2.31. The Hall–Kier alpha value is -0.890. The molecule has 0 saturated carbocycles. The van der Waals surface area contributed by atoms with Gasteiger partial charge in [-0.1, -0.05) is 22.0 Å². The molecule has 0 fully saturated rings. The van der Waals surface area contributed by atoms with Gasteiger partial charge in [0.1, 0.15) is 4.21 Å². The number of aliphatic hydroxyl groups excluding tert-OH is 1. The molecule has 2 rings (SSSR count). The van der Waals surface area contributed by atoms with Crippen LogP contribution in [0.5, 0.6) is 0 Å². The average molecular weight is 376 g/mol. The van der Waals surface area contributed by atoms with Crippen molar-refractivity contribution < 1.29 is 13.5 Å². The van der Waals surface area contributed by atoms with E-state index in [0.29, 0.717) is 10.6 Å². The first-order valence-electron chi connectivity index (χ1n) is 5.82. The minimum Gasteiger partial charge on any atom is -0.391 e. The summed E-state index contributed by atoms with van der Waals surface area (Å²) in [6.45, 7) is 3.56. The molecular formula is C13H14BrNO3S2. The van der Waals surface area contributed by atoms with Gasteiger partial charge < -0.3 is 5.11 Å². The largest absolute Gasteiger partial charge is 0.391 e. The van der Waals surface area contributed by atoms with Gasteiger partial charge in [-0.05, 0) is 43.2 Å². The van der Waals surface area contributed by atoms with Gasteiger partial charge in [-0.2, -0.15) is 0 Å². The van der Waals surface area contributed by atoms with E-state index in [9.17, 15) is 8.42 Å². The molecule has 20 heavy (non-hydrogen) atoms. The second-order valence-electron chi connectivity index (χ2n) is 4.40. The lowest BCUT2D eigenvalue weighted by Gasteiger charge is -2.07. The van der Waals surface area contributed by atoms with Gasteiger partial charge >= 0.3 is 0 Å². The third kappa shape index (κ3) is 3.22. The highest BCUT2D eigenvalue weighted by atomic mass is 79.9. The molecule has 0 amide bonds. The fraction of sp³-hybridized carbons (Fsp3) is 0.231. The van der Waals surface area contributed by atoms with Crippen LogP contribution in [-0.4, -0.2) is 13.5 Å². The zero-order chi connectivity index (χ0) is 14.9. The number of hydrogen-bond donors (Lipinski definition) is 2.